The molecular weight excluding hydrogens is 450 g/mol. The van der Waals surface area contributed by atoms with Crippen molar-refractivity contribution in [3.63, 3.8) is 0 Å². The zero-order valence-corrected chi connectivity index (χ0v) is 21.6. The molecule has 5 nitrogen and oxygen atoms in total. The van der Waals surface area contributed by atoms with Gasteiger partial charge in [0.2, 0.25) is 0 Å². The van der Waals surface area contributed by atoms with Gasteiger partial charge in [-0.05, 0) is 99.3 Å². The highest BCUT2D eigenvalue weighted by atomic mass is 16.5. The van der Waals surface area contributed by atoms with Crippen LogP contribution < -0.4 is 5.32 Å². The van der Waals surface area contributed by atoms with Crippen LogP contribution in [-0.4, -0.2) is 17.8 Å². The number of ether oxygens (including phenoxy) is 1. The maximum Gasteiger partial charge on any atom is 0.310 e. The molecule has 0 saturated heterocycles. The van der Waals surface area contributed by atoms with Crippen molar-refractivity contribution in [3.8, 4) is 0 Å². The van der Waals surface area contributed by atoms with E-state index >= 15 is 0 Å². The smallest absolute Gasteiger partial charge is 0.310 e. The monoisotopic (exact) mass is 491 g/mol. The summed E-state index contributed by atoms with van der Waals surface area (Å²) in [7, 11) is 0. The molecule has 0 bridgehead atoms. The van der Waals surface area contributed by atoms with Crippen molar-refractivity contribution in [1.29, 1.82) is 0 Å². The molecule has 1 N–H and O–H groups in total. The van der Waals surface area contributed by atoms with E-state index in [0.717, 1.165) is 82.6 Å². The Morgan fingerprint density at radius 1 is 0.806 bits per heavy atom. The molecule has 0 radical (unpaired) electrons. The van der Waals surface area contributed by atoms with Crippen molar-refractivity contribution in [2.45, 2.75) is 90.1 Å². The second-order valence-electron chi connectivity index (χ2n) is 9.32. The van der Waals surface area contributed by atoms with Crippen molar-refractivity contribution in [2.24, 2.45) is 0 Å². The van der Waals surface area contributed by atoms with E-state index in [1.165, 1.54) is 22.8 Å². The number of hydrogen-bond acceptors (Lipinski definition) is 4. The lowest BCUT2D eigenvalue weighted by Crippen LogP contribution is -2.23. The Bertz CT molecular complexity index is 936. The standard InChI is InChI=1S/C31H41NO4/c1-4-7-10-13-16-24-19-25(17-14-11-8-5-2)28(26(20-24)18-15-12-9-6-3)23-36-30(34)22-27-21-29(33)32-31(27)35/h4-6,19-21H,1-3,7-18,22-23H2,(H,32,33,35). The number of benzene rings is 1. The second-order valence-corrected chi connectivity index (χ2v) is 9.32. The van der Waals surface area contributed by atoms with Crippen LogP contribution in [0.15, 0.2) is 61.7 Å². The average molecular weight is 492 g/mol. The summed E-state index contributed by atoms with van der Waals surface area (Å²) in [5, 5.41) is 2.16. The number of hydrogen-bond donors (Lipinski definition) is 1. The molecule has 0 unspecified atom stereocenters. The third kappa shape index (κ3) is 10.2. The molecule has 5 heteroatoms. The minimum atomic E-state index is -0.524. The van der Waals surface area contributed by atoms with Crippen LogP contribution in [0.3, 0.4) is 0 Å². The SMILES string of the molecule is C=CCCCCc1cc(CCCCC=C)c(COC(=O)CC2=CC(=O)NC2=O)c(CCCCC=C)c1. The van der Waals surface area contributed by atoms with Crippen LogP contribution in [0.2, 0.25) is 0 Å². The van der Waals surface area contributed by atoms with Crippen LogP contribution in [-0.2, 0) is 45.0 Å². The third-order valence-corrected chi connectivity index (χ3v) is 6.37. The van der Waals surface area contributed by atoms with Gasteiger partial charge in [-0.15, -0.1) is 19.7 Å². The second kappa shape index (κ2) is 16.5. The van der Waals surface area contributed by atoms with Crippen LogP contribution in [0.4, 0.5) is 0 Å². The van der Waals surface area contributed by atoms with Gasteiger partial charge in [-0.3, -0.25) is 19.7 Å². The van der Waals surface area contributed by atoms with Gasteiger partial charge in [0.05, 0.1) is 6.42 Å². The van der Waals surface area contributed by atoms with Crippen molar-refractivity contribution >= 4 is 17.8 Å². The lowest BCUT2D eigenvalue weighted by atomic mass is 9.90. The summed E-state index contributed by atoms with van der Waals surface area (Å²) in [5.41, 5.74) is 5.03. The number of imide groups is 1. The van der Waals surface area contributed by atoms with Gasteiger partial charge in [-0.1, -0.05) is 30.4 Å². The number of nitrogens with one attached hydrogen (secondary N) is 1. The van der Waals surface area contributed by atoms with Gasteiger partial charge >= 0.3 is 5.97 Å². The average Bonchev–Trinajstić information content (AvgIpc) is 3.17. The van der Waals surface area contributed by atoms with E-state index in [0.29, 0.717) is 0 Å². The molecule has 2 amide bonds. The van der Waals surface area contributed by atoms with E-state index in [4.69, 9.17) is 4.74 Å². The van der Waals surface area contributed by atoms with Gasteiger partial charge in [-0.25, -0.2) is 0 Å². The van der Waals surface area contributed by atoms with Crippen LogP contribution in [0.1, 0.15) is 86.5 Å². The molecule has 1 heterocycles. The summed E-state index contributed by atoms with van der Waals surface area (Å²) in [4.78, 5) is 35.7. The fourth-order valence-electron chi connectivity index (χ4n) is 4.41. The summed E-state index contributed by atoms with van der Waals surface area (Å²) in [5.74, 6) is -1.52. The summed E-state index contributed by atoms with van der Waals surface area (Å²) >= 11 is 0. The maximum atomic E-state index is 12.5. The first-order valence-corrected chi connectivity index (χ1v) is 13.2. The van der Waals surface area contributed by atoms with Gasteiger partial charge in [-0.2, -0.15) is 0 Å². The van der Waals surface area contributed by atoms with Crippen LogP contribution in [0.25, 0.3) is 0 Å². The molecule has 1 aliphatic heterocycles. The van der Waals surface area contributed by atoms with E-state index < -0.39 is 17.8 Å². The summed E-state index contributed by atoms with van der Waals surface area (Å²) < 4.78 is 5.65. The first-order chi connectivity index (χ1) is 17.5. The maximum absolute atomic E-state index is 12.5. The van der Waals surface area contributed by atoms with Crippen LogP contribution in [0, 0.1) is 0 Å². The molecule has 0 aromatic heterocycles. The summed E-state index contributed by atoms with van der Waals surface area (Å²) in [6.07, 6.45) is 19.1. The number of rotatable bonds is 19. The molecule has 0 aliphatic carbocycles. The lowest BCUT2D eigenvalue weighted by Gasteiger charge is -2.18. The number of esters is 1. The Labute approximate surface area is 216 Å². The van der Waals surface area contributed by atoms with E-state index in [-0.39, 0.29) is 18.6 Å². The van der Waals surface area contributed by atoms with E-state index in [2.05, 4.69) is 37.2 Å². The number of unbranched alkanes of at least 4 members (excludes halogenated alkanes) is 6. The molecule has 2 rings (SSSR count). The minimum absolute atomic E-state index is 0.147. The van der Waals surface area contributed by atoms with Crippen LogP contribution >= 0.6 is 0 Å². The molecule has 36 heavy (non-hydrogen) atoms. The number of carbonyl (C=O) groups excluding carboxylic acids is 3. The van der Waals surface area contributed by atoms with E-state index in [1.54, 1.807) is 0 Å². The molecular formula is C31H41NO4. The Balaban J connectivity index is 2.22. The largest absolute Gasteiger partial charge is 0.461 e. The fraction of sp³-hybridized carbons (Fsp3) is 0.452. The first kappa shape index (κ1) is 29.0. The highest BCUT2D eigenvalue weighted by molar-refractivity contribution is 6.17. The van der Waals surface area contributed by atoms with E-state index in [1.807, 2.05) is 18.2 Å². The number of aryl methyl sites for hydroxylation is 3. The van der Waals surface area contributed by atoms with Crippen molar-refractivity contribution < 1.29 is 19.1 Å². The minimum Gasteiger partial charge on any atom is -0.461 e. The Morgan fingerprint density at radius 3 is 1.81 bits per heavy atom. The molecule has 1 aliphatic rings. The topological polar surface area (TPSA) is 72.5 Å². The van der Waals surface area contributed by atoms with Crippen molar-refractivity contribution in [3.05, 3.63) is 84.0 Å². The number of amides is 2. The predicted octanol–water partition coefficient (Wildman–Crippen LogP) is 6.40. The lowest BCUT2D eigenvalue weighted by molar-refractivity contribution is -0.144. The first-order valence-electron chi connectivity index (χ1n) is 13.2. The zero-order chi connectivity index (χ0) is 26.2. The third-order valence-electron chi connectivity index (χ3n) is 6.37. The highest BCUT2D eigenvalue weighted by Crippen LogP contribution is 2.25. The normalized spacial score (nSPS) is 12.7. The zero-order valence-electron chi connectivity index (χ0n) is 21.6. The Hall–Kier alpha value is -3.21. The Kier molecular flexibility index (Phi) is 13.3. The Morgan fingerprint density at radius 2 is 1.33 bits per heavy atom. The van der Waals surface area contributed by atoms with Gasteiger partial charge in [0.15, 0.2) is 0 Å². The van der Waals surface area contributed by atoms with E-state index in [9.17, 15) is 14.4 Å². The quantitative estimate of drug-likeness (QED) is 0.105. The molecule has 0 atom stereocenters. The summed E-state index contributed by atoms with van der Waals surface area (Å²) in [6, 6.07) is 4.56. The van der Waals surface area contributed by atoms with Gasteiger partial charge < -0.3 is 4.74 Å². The molecule has 0 fully saturated rings. The molecule has 0 saturated carbocycles. The van der Waals surface area contributed by atoms with Crippen LogP contribution in [0.5, 0.6) is 0 Å². The van der Waals surface area contributed by atoms with Crippen molar-refractivity contribution in [1.82, 2.24) is 5.32 Å². The molecule has 1 aromatic carbocycles. The fourth-order valence-corrected chi connectivity index (χ4v) is 4.41. The van der Waals surface area contributed by atoms with Gasteiger partial charge in [0.1, 0.15) is 6.61 Å². The highest BCUT2D eigenvalue weighted by Gasteiger charge is 2.24. The van der Waals surface area contributed by atoms with Gasteiger partial charge in [0.25, 0.3) is 11.8 Å². The molecule has 1 aromatic rings. The predicted molar refractivity (Wildman–Crippen MR) is 145 cm³/mol. The van der Waals surface area contributed by atoms with Gasteiger partial charge in [0, 0.05) is 11.6 Å². The van der Waals surface area contributed by atoms with Crippen molar-refractivity contribution in [2.75, 3.05) is 0 Å². The molecule has 0 spiro atoms. The number of carbonyl (C=O) groups is 3. The molecule has 194 valence electrons. The number of allylic oxidation sites excluding steroid dienone is 3. The summed E-state index contributed by atoms with van der Waals surface area (Å²) in [6.45, 7) is 11.6.